The minimum Gasteiger partial charge on any atom is -0.444 e. The van der Waals surface area contributed by atoms with Crippen molar-refractivity contribution in [2.75, 3.05) is 18.8 Å². The highest BCUT2D eigenvalue weighted by Crippen LogP contribution is 2.55. The Balaban J connectivity index is 1.33. The van der Waals surface area contributed by atoms with Crippen molar-refractivity contribution < 1.29 is 23.1 Å². The molecule has 4 N–H and O–H groups in total. The van der Waals surface area contributed by atoms with E-state index in [1.807, 2.05) is 20.8 Å². The number of halogens is 2. The Kier molecular flexibility index (Phi) is 6.15. The molecular weight excluding hydrogens is 496 g/mol. The summed E-state index contributed by atoms with van der Waals surface area (Å²) in [7, 11) is 0. The Morgan fingerprint density at radius 3 is 2.66 bits per heavy atom. The van der Waals surface area contributed by atoms with Crippen LogP contribution in [0.5, 0.6) is 0 Å². The van der Waals surface area contributed by atoms with Crippen molar-refractivity contribution in [3.05, 3.63) is 53.4 Å². The topological polar surface area (TPSA) is 134 Å². The van der Waals surface area contributed by atoms with Crippen LogP contribution >= 0.6 is 0 Å². The van der Waals surface area contributed by atoms with Crippen LogP contribution in [-0.2, 0) is 11.3 Å². The number of primary amides is 1. The van der Waals surface area contributed by atoms with E-state index in [-0.39, 0.29) is 46.7 Å². The number of rotatable bonds is 5. The molecule has 3 heterocycles. The molecule has 1 saturated carbocycles. The molecule has 0 bridgehead atoms. The molecule has 38 heavy (non-hydrogen) atoms. The summed E-state index contributed by atoms with van der Waals surface area (Å²) in [6, 6.07) is 3.89. The molecule has 3 aromatic rings. The number of nitrogens with two attached hydrogens (primary N) is 2. The van der Waals surface area contributed by atoms with Crippen molar-refractivity contribution in [2.24, 2.45) is 11.1 Å². The maximum atomic E-state index is 14.1. The number of amides is 2. The van der Waals surface area contributed by atoms with Crippen LogP contribution in [0.3, 0.4) is 0 Å². The van der Waals surface area contributed by atoms with Crippen LogP contribution in [0.1, 0.15) is 62.0 Å². The first-order valence-electron chi connectivity index (χ1n) is 12.5. The second-order valence-electron chi connectivity index (χ2n) is 11.3. The average Bonchev–Trinajstić information content (AvgIpc) is 3.52. The highest BCUT2D eigenvalue weighted by atomic mass is 19.2. The lowest BCUT2D eigenvalue weighted by atomic mass is 9.65. The third-order valence-electron chi connectivity index (χ3n) is 7.24. The van der Waals surface area contributed by atoms with Gasteiger partial charge in [0.2, 0.25) is 0 Å². The van der Waals surface area contributed by atoms with E-state index < -0.39 is 23.1 Å². The van der Waals surface area contributed by atoms with E-state index in [2.05, 4.69) is 10.2 Å². The number of nitrogens with zero attached hydrogens (tertiary/aromatic N) is 5. The number of ether oxygens (including phenoxy) is 1. The van der Waals surface area contributed by atoms with Gasteiger partial charge in [-0.3, -0.25) is 9.48 Å². The number of carbonyl (C=O) groups is 2. The number of carbonyl (C=O) groups excluding carboxylic acids is 2. The minimum atomic E-state index is -0.938. The first kappa shape index (κ1) is 25.7. The molecule has 2 amide bonds. The lowest BCUT2D eigenvalue weighted by Gasteiger charge is -2.45. The van der Waals surface area contributed by atoms with Crippen molar-refractivity contribution in [2.45, 2.75) is 58.2 Å². The van der Waals surface area contributed by atoms with Gasteiger partial charge in [-0.25, -0.2) is 18.3 Å². The Morgan fingerprint density at radius 1 is 1.24 bits per heavy atom. The summed E-state index contributed by atoms with van der Waals surface area (Å²) in [6.07, 6.45) is 5.09. The first-order chi connectivity index (χ1) is 17.9. The fraction of sp³-hybridized carbons (Fsp3) is 0.462. The molecule has 1 saturated heterocycles. The number of benzene rings is 1. The van der Waals surface area contributed by atoms with Gasteiger partial charge in [-0.2, -0.15) is 10.2 Å². The van der Waals surface area contributed by atoms with E-state index in [0.717, 1.165) is 25.3 Å². The normalized spacial score (nSPS) is 21.1. The zero-order chi connectivity index (χ0) is 27.4. The molecule has 12 heteroatoms. The standard InChI is InChI=1S/C26H31F2N7O3/c1-25(2,3)38-24(37)33-8-7-26(14-33)9-17(10-26)35-22(29)19(23(30)36)21(32-35)16-11-31-34(13-16)12-15-5-4-6-18(27)20(15)28/h4-6,11,13,17H,7-10,12,14,29H2,1-3H3,(H2,30,36)/t17-,26-. The van der Waals surface area contributed by atoms with E-state index in [1.54, 1.807) is 15.8 Å². The van der Waals surface area contributed by atoms with Crippen molar-refractivity contribution in [1.82, 2.24) is 24.5 Å². The molecule has 1 spiro atoms. The van der Waals surface area contributed by atoms with Crippen LogP contribution in [0.15, 0.2) is 30.6 Å². The Hall–Kier alpha value is -3.96. The molecule has 0 atom stereocenters. The Morgan fingerprint density at radius 2 is 1.97 bits per heavy atom. The number of aromatic nitrogens is 4. The highest BCUT2D eigenvalue weighted by Gasteiger charge is 2.51. The second kappa shape index (κ2) is 9.10. The van der Waals surface area contributed by atoms with Gasteiger partial charge in [0.05, 0.1) is 18.8 Å². The predicted octanol–water partition coefficient (Wildman–Crippen LogP) is 3.72. The van der Waals surface area contributed by atoms with Gasteiger partial charge >= 0.3 is 6.09 Å². The van der Waals surface area contributed by atoms with Crippen LogP contribution < -0.4 is 11.5 Å². The third-order valence-corrected chi connectivity index (χ3v) is 7.24. The number of nitrogen functional groups attached to an aromatic ring is 1. The molecule has 1 aliphatic carbocycles. The van der Waals surface area contributed by atoms with Gasteiger partial charge in [0.1, 0.15) is 22.7 Å². The molecule has 0 radical (unpaired) electrons. The van der Waals surface area contributed by atoms with Gasteiger partial charge < -0.3 is 21.1 Å². The van der Waals surface area contributed by atoms with Gasteiger partial charge in [-0.1, -0.05) is 12.1 Å². The number of hydrogen-bond donors (Lipinski definition) is 2. The van der Waals surface area contributed by atoms with Crippen LogP contribution in [0, 0.1) is 17.0 Å². The summed E-state index contributed by atoms with van der Waals surface area (Å²) < 4.78 is 36.3. The van der Waals surface area contributed by atoms with Gasteiger partial charge in [0.25, 0.3) is 5.91 Å². The monoisotopic (exact) mass is 527 g/mol. The van der Waals surface area contributed by atoms with E-state index in [0.29, 0.717) is 18.7 Å². The molecule has 10 nitrogen and oxygen atoms in total. The molecule has 2 fully saturated rings. The van der Waals surface area contributed by atoms with E-state index in [1.165, 1.54) is 23.0 Å². The predicted molar refractivity (Wildman–Crippen MR) is 135 cm³/mol. The zero-order valence-electron chi connectivity index (χ0n) is 21.6. The highest BCUT2D eigenvalue weighted by molar-refractivity contribution is 6.03. The second-order valence-corrected chi connectivity index (χ2v) is 11.3. The van der Waals surface area contributed by atoms with Crippen LogP contribution in [0.25, 0.3) is 11.3 Å². The van der Waals surface area contributed by atoms with E-state index in [4.69, 9.17) is 16.2 Å². The lowest BCUT2D eigenvalue weighted by molar-refractivity contribution is 0.0187. The summed E-state index contributed by atoms with van der Waals surface area (Å²) in [5, 5.41) is 8.85. The Labute approximate surface area is 218 Å². The Bertz CT molecular complexity index is 1400. The maximum Gasteiger partial charge on any atom is 0.410 e. The summed E-state index contributed by atoms with van der Waals surface area (Å²) >= 11 is 0. The smallest absolute Gasteiger partial charge is 0.410 e. The van der Waals surface area contributed by atoms with Gasteiger partial charge in [-0.05, 0) is 51.5 Å². The van der Waals surface area contributed by atoms with Gasteiger partial charge in [0.15, 0.2) is 11.6 Å². The van der Waals surface area contributed by atoms with Crippen LogP contribution in [0.4, 0.5) is 19.4 Å². The van der Waals surface area contributed by atoms with E-state index >= 15 is 0 Å². The summed E-state index contributed by atoms with van der Waals surface area (Å²) in [4.78, 5) is 26.6. The molecule has 0 unspecified atom stereocenters. The maximum absolute atomic E-state index is 14.1. The van der Waals surface area contributed by atoms with Crippen molar-refractivity contribution in [3.8, 4) is 11.3 Å². The lowest BCUT2D eigenvalue weighted by Crippen LogP contribution is -2.43. The summed E-state index contributed by atoms with van der Waals surface area (Å²) in [5.74, 6) is -2.43. The molecule has 2 aliphatic rings. The molecule has 5 rings (SSSR count). The van der Waals surface area contributed by atoms with Crippen molar-refractivity contribution in [3.63, 3.8) is 0 Å². The molecular formula is C26H31F2N7O3. The SMILES string of the molecule is CC(C)(C)OC(=O)N1CC[C@]2(C1)C[C@H](n1nc(-c3cnn(Cc4cccc(F)c4F)c3)c(C(N)=O)c1N)C2. The van der Waals surface area contributed by atoms with E-state index in [9.17, 15) is 18.4 Å². The molecule has 202 valence electrons. The van der Waals surface area contributed by atoms with Gasteiger partial charge in [-0.15, -0.1) is 0 Å². The number of anilines is 1. The quantitative estimate of drug-likeness (QED) is 0.519. The fourth-order valence-electron chi connectivity index (χ4n) is 5.45. The van der Waals surface area contributed by atoms with Gasteiger partial charge in [0, 0.05) is 30.4 Å². The third kappa shape index (κ3) is 4.70. The molecule has 1 aliphatic heterocycles. The number of hydrogen-bond acceptors (Lipinski definition) is 6. The first-order valence-corrected chi connectivity index (χ1v) is 12.5. The average molecular weight is 528 g/mol. The van der Waals surface area contributed by atoms with Crippen LogP contribution in [-0.4, -0.2) is 55.2 Å². The molecule has 1 aromatic carbocycles. The van der Waals surface area contributed by atoms with Crippen molar-refractivity contribution >= 4 is 17.8 Å². The summed E-state index contributed by atoms with van der Waals surface area (Å²) in [6.45, 7) is 6.73. The van der Waals surface area contributed by atoms with Crippen molar-refractivity contribution in [1.29, 1.82) is 0 Å². The molecule has 2 aromatic heterocycles. The minimum absolute atomic E-state index is 0.00895. The zero-order valence-corrected chi connectivity index (χ0v) is 21.6. The number of likely N-dealkylation sites (tertiary alicyclic amines) is 1. The van der Waals surface area contributed by atoms with Crippen LogP contribution in [0.2, 0.25) is 0 Å². The fourth-order valence-corrected chi connectivity index (χ4v) is 5.45. The largest absolute Gasteiger partial charge is 0.444 e. The summed E-state index contributed by atoms with van der Waals surface area (Å²) in [5.41, 5.74) is 12.4.